The van der Waals surface area contributed by atoms with E-state index in [1.54, 1.807) is 6.92 Å². The van der Waals surface area contributed by atoms with Gasteiger partial charge in [-0.3, -0.25) is 0 Å². The van der Waals surface area contributed by atoms with Gasteiger partial charge in [0.2, 0.25) is 5.88 Å². The van der Waals surface area contributed by atoms with Crippen molar-refractivity contribution in [3.8, 4) is 11.3 Å². The van der Waals surface area contributed by atoms with Crippen LogP contribution in [-0.4, -0.2) is 5.16 Å². The Morgan fingerprint density at radius 3 is 2.41 bits per heavy atom. The fourth-order valence-electron chi connectivity index (χ4n) is 1.54. The first-order valence-corrected chi connectivity index (χ1v) is 4.78. The molecule has 0 saturated carbocycles. The molecule has 0 saturated heterocycles. The first-order valence-electron chi connectivity index (χ1n) is 4.78. The third-order valence-electron chi connectivity index (χ3n) is 2.36. The largest absolute Gasteiger partial charge is 0.416 e. The molecule has 0 fully saturated rings. The van der Waals surface area contributed by atoms with Crippen molar-refractivity contribution in [2.45, 2.75) is 13.1 Å². The molecule has 0 radical (unpaired) electrons. The number of rotatable bonds is 1. The predicted octanol–water partition coefficient (Wildman–Crippen LogP) is 3.25. The second-order valence-corrected chi connectivity index (χ2v) is 3.64. The van der Waals surface area contributed by atoms with Gasteiger partial charge < -0.3 is 10.3 Å². The van der Waals surface area contributed by atoms with Crippen LogP contribution < -0.4 is 5.73 Å². The molecule has 17 heavy (non-hydrogen) atoms. The van der Waals surface area contributed by atoms with Crippen molar-refractivity contribution in [1.29, 1.82) is 0 Å². The molecule has 3 nitrogen and oxygen atoms in total. The van der Waals surface area contributed by atoms with Gasteiger partial charge in [-0.15, -0.1) is 0 Å². The van der Waals surface area contributed by atoms with Crippen LogP contribution in [-0.2, 0) is 6.18 Å². The minimum atomic E-state index is -4.34. The Morgan fingerprint density at radius 1 is 1.24 bits per heavy atom. The molecule has 2 aromatic rings. The molecule has 0 unspecified atom stereocenters. The van der Waals surface area contributed by atoms with E-state index in [1.807, 2.05) is 0 Å². The predicted molar refractivity (Wildman–Crippen MR) is 56.1 cm³/mol. The first-order chi connectivity index (χ1) is 7.88. The lowest BCUT2D eigenvalue weighted by Crippen LogP contribution is -2.05. The van der Waals surface area contributed by atoms with Crippen LogP contribution >= 0.6 is 0 Å². The zero-order valence-electron chi connectivity index (χ0n) is 8.88. The van der Waals surface area contributed by atoms with E-state index < -0.39 is 11.7 Å². The molecule has 0 aliphatic heterocycles. The van der Waals surface area contributed by atoms with Crippen molar-refractivity contribution < 1.29 is 17.7 Å². The highest BCUT2D eigenvalue weighted by Crippen LogP contribution is 2.33. The van der Waals surface area contributed by atoms with Crippen molar-refractivity contribution >= 4 is 5.88 Å². The van der Waals surface area contributed by atoms with Crippen LogP contribution in [0.1, 0.15) is 11.1 Å². The Morgan fingerprint density at radius 2 is 1.94 bits per heavy atom. The molecular formula is C11H9F3N2O. The highest BCUT2D eigenvalue weighted by atomic mass is 19.4. The van der Waals surface area contributed by atoms with Gasteiger partial charge >= 0.3 is 6.18 Å². The van der Waals surface area contributed by atoms with E-state index in [2.05, 4.69) is 9.68 Å². The summed E-state index contributed by atoms with van der Waals surface area (Å²) in [5, 5.41) is 3.66. The average molecular weight is 242 g/mol. The molecule has 2 N–H and O–H groups in total. The normalized spacial score (nSPS) is 11.8. The lowest BCUT2D eigenvalue weighted by Gasteiger charge is -2.09. The molecule has 6 heteroatoms. The van der Waals surface area contributed by atoms with Crippen LogP contribution in [0.5, 0.6) is 0 Å². The van der Waals surface area contributed by atoms with E-state index in [4.69, 9.17) is 5.73 Å². The van der Waals surface area contributed by atoms with E-state index in [-0.39, 0.29) is 5.88 Å². The van der Waals surface area contributed by atoms with Crippen LogP contribution in [0.2, 0.25) is 0 Å². The average Bonchev–Trinajstić information content (AvgIpc) is 2.63. The number of nitrogens with two attached hydrogens (primary N) is 1. The minimum absolute atomic E-state index is 0.124. The number of aryl methyl sites for hydroxylation is 1. The molecule has 1 aromatic carbocycles. The number of aromatic nitrogens is 1. The Bertz CT molecular complexity index is 546. The van der Waals surface area contributed by atoms with Crippen LogP contribution in [0.25, 0.3) is 11.3 Å². The number of benzene rings is 1. The molecule has 0 bridgehead atoms. The van der Waals surface area contributed by atoms with Crippen LogP contribution in [0.15, 0.2) is 28.8 Å². The quantitative estimate of drug-likeness (QED) is 0.835. The fourth-order valence-corrected chi connectivity index (χ4v) is 1.54. The zero-order valence-corrected chi connectivity index (χ0v) is 8.88. The molecule has 0 spiro atoms. The number of nitrogen functional groups attached to an aromatic ring is 1. The number of hydrogen-bond acceptors (Lipinski definition) is 3. The molecule has 90 valence electrons. The summed E-state index contributed by atoms with van der Waals surface area (Å²) >= 11 is 0. The number of nitrogens with zero attached hydrogens (tertiary/aromatic N) is 1. The number of hydrogen-bond donors (Lipinski definition) is 1. The van der Waals surface area contributed by atoms with E-state index in [1.165, 1.54) is 12.1 Å². The molecule has 0 aliphatic rings. The van der Waals surface area contributed by atoms with E-state index >= 15 is 0 Å². The Labute approximate surface area is 95.0 Å². The Kier molecular flexibility index (Phi) is 2.57. The molecular weight excluding hydrogens is 233 g/mol. The van der Waals surface area contributed by atoms with Crippen molar-refractivity contribution in [2.75, 3.05) is 5.73 Å². The molecule has 1 heterocycles. The smallest absolute Gasteiger partial charge is 0.368 e. The summed E-state index contributed by atoms with van der Waals surface area (Å²) in [6, 6.07) is 4.90. The summed E-state index contributed by atoms with van der Waals surface area (Å²) in [5.41, 5.74) is 6.13. The number of anilines is 1. The molecule has 1 aromatic heterocycles. The lowest BCUT2D eigenvalue weighted by atomic mass is 10.0. The Hall–Kier alpha value is -1.98. The van der Waals surface area contributed by atoms with Gasteiger partial charge in [-0.05, 0) is 24.6 Å². The van der Waals surface area contributed by atoms with Gasteiger partial charge in [0.15, 0.2) is 0 Å². The summed E-state index contributed by atoms with van der Waals surface area (Å²) < 4.78 is 42.0. The maximum Gasteiger partial charge on any atom is 0.416 e. The first kappa shape index (κ1) is 11.5. The molecule has 0 aliphatic carbocycles. The third-order valence-corrected chi connectivity index (χ3v) is 2.36. The van der Waals surface area contributed by atoms with Gasteiger partial charge in [0.05, 0.1) is 5.56 Å². The van der Waals surface area contributed by atoms with Crippen LogP contribution in [0, 0.1) is 6.92 Å². The second-order valence-electron chi connectivity index (χ2n) is 3.64. The summed E-state index contributed by atoms with van der Waals surface area (Å²) in [7, 11) is 0. The van der Waals surface area contributed by atoms with Gasteiger partial charge in [-0.2, -0.15) is 13.2 Å². The summed E-state index contributed by atoms with van der Waals surface area (Å²) in [6.07, 6.45) is -4.34. The third kappa shape index (κ3) is 2.25. The van der Waals surface area contributed by atoms with E-state index in [0.29, 0.717) is 16.8 Å². The van der Waals surface area contributed by atoms with Gasteiger partial charge in [0, 0.05) is 11.6 Å². The topological polar surface area (TPSA) is 52.0 Å². The lowest BCUT2D eigenvalue weighted by molar-refractivity contribution is -0.137. The summed E-state index contributed by atoms with van der Waals surface area (Å²) in [5.74, 6) is 0.124. The highest BCUT2D eigenvalue weighted by Gasteiger charge is 2.30. The van der Waals surface area contributed by atoms with Crippen LogP contribution in [0.4, 0.5) is 19.1 Å². The van der Waals surface area contributed by atoms with Crippen molar-refractivity contribution in [2.24, 2.45) is 0 Å². The summed E-state index contributed by atoms with van der Waals surface area (Å²) in [4.78, 5) is 0. The second kappa shape index (κ2) is 3.80. The standard InChI is InChI=1S/C11H9F3N2O/c1-6-4-7(11(12,13)14)2-3-8(6)9-5-10(15)17-16-9/h2-5H,15H2,1H3. The maximum atomic E-state index is 12.5. The van der Waals surface area contributed by atoms with Crippen molar-refractivity contribution in [3.05, 3.63) is 35.4 Å². The van der Waals surface area contributed by atoms with Crippen molar-refractivity contribution in [1.82, 2.24) is 5.16 Å². The molecule has 2 rings (SSSR count). The van der Waals surface area contributed by atoms with Gasteiger partial charge in [-0.25, -0.2) is 0 Å². The van der Waals surface area contributed by atoms with Crippen molar-refractivity contribution in [3.63, 3.8) is 0 Å². The fraction of sp³-hybridized carbons (Fsp3) is 0.182. The SMILES string of the molecule is Cc1cc(C(F)(F)F)ccc1-c1cc(N)on1. The number of halogens is 3. The minimum Gasteiger partial charge on any atom is -0.368 e. The highest BCUT2D eigenvalue weighted by molar-refractivity contribution is 5.65. The summed E-state index contributed by atoms with van der Waals surface area (Å²) in [6.45, 7) is 1.58. The number of alkyl halides is 3. The zero-order chi connectivity index (χ0) is 12.6. The Balaban J connectivity index is 2.45. The van der Waals surface area contributed by atoms with E-state index in [9.17, 15) is 13.2 Å². The molecule has 0 amide bonds. The monoisotopic (exact) mass is 242 g/mol. The maximum absolute atomic E-state index is 12.5. The van der Waals surface area contributed by atoms with Gasteiger partial charge in [0.25, 0.3) is 0 Å². The van der Waals surface area contributed by atoms with E-state index in [0.717, 1.165) is 12.1 Å². The van der Waals surface area contributed by atoms with Crippen LogP contribution in [0.3, 0.4) is 0 Å². The van der Waals surface area contributed by atoms with Gasteiger partial charge in [-0.1, -0.05) is 11.2 Å². The molecule has 0 atom stereocenters. The van der Waals surface area contributed by atoms with Gasteiger partial charge in [0.1, 0.15) is 5.69 Å².